The van der Waals surface area contributed by atoms with Crippen LogP contribution in [0.4, 0.5) is 0 Å². The highest BCUT2D eigenvalue weighted by molar-refractivity contribution is 7.90. The minimum absolute atomic E-state index is 0.121. The van der Waals surface area contributed by atoms with Gasteiger partial charge in [-0.15, -0.1) is 0 Å². The molecule has 2 rings (SSSR count). The Bertz CT molecular complexity index is 608. The molecule has 25 heavy (non-hydrogen) atoms. The third-order valence-corrected chi connectivity index (χ3v) is 6.60. The summed E-state index contributed by atoms with van der Waals surface area (Å²) in [7, 11) is -3.21. The van der Waals surface area contributed by atoms with Crippen LogP contribution in [0.5, 0.6) is 5.75 Å². The van der Waals surface area contributed by atoms with Crippen molar-refractivity contribution in [3.05, 3.63) is 29.8 Å². The number of rotatable bonds is 9. The van der Waals surface area contributed by atoms with Gasteiger partial charge in [0.1, 0.15) is 12.4 Å². The molecule has 0 saturated carbocycles. The summed E-state index contributed by atoms with van der Waals surface area (Å²) >= 11 is 0. The summed E-state index contributed by atoms with van der Waals surface area (Å²) < 4.78 is 32.2. The van der Waals surface area contributed by atoms with Gasteiger partial charge >= 0.3 is 0 Å². The lowest BCUT2D eigenvalue weighted by Gasteiger charge is -2.26. The molecule has 1 aromatic carbocycles. The van der Waals surface area contributed by atoms with Crippen molar-refractivity contribution in [3.63, 3.8) is 0 Å². The van der Waals surface area contributed by atoms with Crippen LogP contribution < -0.4 is 9.46 Å². The second-order valence-corrected chi connectivity index (χ2v) is 9.48. The third-order valence-electron chi connectivity index (χ3n) is 4.79. The summed E-state index contributed by atoms with van der Waals surface area (Å²) in [5.41, 5.74) is 1.11. The Hall–Kier alpha value is -1.11. The van der Waals surface area contributed by atoms with E-state index in [1.54, 1.807) is 13.8 Å². The van der Waals surface area contributed by atoms with Gasteiger partial charge in [0.25, 0.3) is 0 Å². The fraction of sp³-hybridized carbons (Fsp3) is 0.684. The monoisotopic (exact) mass is 368 g/mol. The molecular formula is C19H32N2O3S. The van der Waals surface area contributed by atoms with Gasteiger partial charge in [-0.3, -0.25) is 4.90 Å². The molecule has 1 atom stereocenters. The fourth-order valence-corrected chi connectivity index (χ4v) is 3.71. The van der Waals surface area contributed by atoms with Crippen molar-refractivity contribution in [1.29, 1.82) is 0 Å². The average molecular weight is 369 g/mol. The molecule has 1 unspecified atom stereocenters. The first-order valence-corrected chi connectivity index (χ1v) is 10.9. The molecule has 1 N–H and O–H groups in total. The van der Waals surface area contributed by atoms with Gasteiger partial charge in [0.05, 0.1) is 5.25 Å². The van der Waals surface area contributed by atoms with E-state index in [1.165, 1.54) is 32.4 Å². The van der Waals surface area contributed by atoms with E-state index in [2.05, 4.69) is 9.62 Å². The van der Waals surface area contributed by atoms with Crippen LogP contribution in [-0.2, 0) is 10.0 Å². The van der Waals surface area contributed by atoms with Gasteiger partial charge in [0.15, 0.2) is 0 Å². The number of hydrogen-bond donors (Lipinski definition) is 1. The lowest BCUT2D eigenvalue weighted by molar-refractivity contribution is 0.183. The van der Waals surface area contributed by atoms with E-state index < -0.39 is 15.3 Å². The Morgan fingerprint density at radius 2 is 1.72 bits per heavy atom. The zero-order valence-corrected chi connectivity index (χ0v) is 16.5. The molecule has 1 aliphatic rings. The van der Waals surface area contributed by atoms with Gasteiger partial charge < -0.3 is 4.74 Å². The van der Waals surface area contributed by atoms with Crippen LogP contribution in [0.3, 0.4) is 0 Å². The zero-order chi connectivity index (χ0) is 18.3. The number of sulfonamides is 1. The van der Waals surface area contributed by atoms with Crippen LogP contribution in [-0.4, -0.2) is 51.4 Å². The predicted molar refractivity (Wildman–Crippen MR) is 103 cm³/mol. The molecule has 1 heterocycles. The number of hydrogen-bond acceptors (Lipinski definition) is 4. The van der Waals surface area contributed by atoms with Gasteiger partial charge in [0.2, 0.25) is 10.0 Å². The van der Waals surface area contributed by atoms with Crippen molar-refractivity contribution < 1.29 is 13.2 Å². The molecule has 0 bridgehead atoms. The number of ether oxygens (including phenoxy) is 1. The van der Waals surface area contributed by atoms with Crippen LogP contribution in [0.25, 0.3) is 0 Å². The first-order chi connectivity index (χ1) is 11.9. The first-order valence-electron chi connectivity index (χ1n) is 9.32. The van der Waals surface area contributed by atoms with Crippen LogP contribution in [0.2, 0.25) is 0 Å². The Morgan fingerprint density at radius 3 is 2.32 bits per heavy atom. The first kappa shape index (κ1) is 20.2. The number of benzene rings is 1. The van der Waals surface area contributed by atoms with E-state index >= 15 is 0 Å². The molecule has 1 fully saturated rings. The van der Waals surface area contributed by atoms with Crippen molar-refractivity contribution in [2.45, 2.75) is 51.2 Å². The van der Waals surface area contributed by atoms with Crippen molar-refractivity contribution in [1.82, 2.24) is 9.62 Å². The van der Waals surface area contributed by atoms with E-state index in [0.717, 1.165) is 17.9 Å². The summed E-state index contributed by atoms with van der Waals surface area (Å²) in [6.07, 6.45) is 3.95. The molecule has 5 nitrogen and oxygen atoms in total. The minimum atomic E-state index is -3.21. The average Bonchev–Trinajstić information content (AvgIpc) is 2.61. The lowest BCUT2D eigenvalue weighted by atomic mass is 10.0. The zero-order valence-electron chi connectivity index (χ0n) is 15.7. The van der Waals surface area contributed by atoms with Gasteiger partial charge in [-0.05, 0) is 63.4 Å². The summed E-state index contributed by atoms with van der Waals surface area (Å²) in [6.45, 7) is 9.87. The smallest absolute Gasteiger partial charge is 0.213 e. The van der Waals surface area contributed by atoms with E-state index in [1.807, 2.05) is 31.2 Å². The number of piperidine rings is 1. The highest BCUT2D eigenvalue weighted by Gasteiger charge is 2.17. The molecule has 0 spiro atoms. The fourth-order valence-electron chi connectivity index (χ4n) is 2.89. The molecule has 6 heteroatoms. The number of likely N-dealkylation sites (tertiary alicyclic amines) is 1. The SMILES string of the molecule is CC(CNS(=O)(=O)C(C)C)c1ccc(OCCN2CCCCC2)cc1. The molecule has 1 aliphatic heterocycles. The maximum Gasteiger partial charge on any atom is 0.213 e. The normalized spacial score (nSPS) is 17.6. The standard InChI is InChI=1S/C19H32N2O3S/c1-16(2)25(22,23)20-15-17(3)18-7-9-19(10-8-18)24-14-13-21-11-5-4-6-12-21/h7-10,16-17,20H,4-6,11-15H2,1-3H3. The van der Waals surface area contributed by atoms with Crippen LogP contribution in [0.15, 0.2) is 24.3 Å². The Labute approximate surface area is 152 Å². The second kappa shape index (κ2) is 9.55. The van der Waals surface area contributed by atoms with E-state index in [-0.39, 0.29) is 5.92 Å². The summed E-state index contributed by atoms with van der Waals surface area (Å²) in [5, 5.41) is -0.407. The second-order valence-electron chi connectivity index (χ2n) is 7.16. The summed E-state index contributed by atoms with van der Waals surface area (Å²) in [6, 6.07) is 7.98. The van der Waals surface area contributed by atoms with Gasteiger partial charge in [0, 0.05) is 13.1 Å². The Kier molecular flexibility index (Phi) is 7.72. The molecule has 142 valence electrons. The maximum absolute atomic E-state index is 11.8. The van der Waals surface area contributed by atoms with E-state index in [9.17, 15) is 8.42 Å². The molecular weight excluding hydrogens is 336 g/mol. The molecule has 0 aliphatic carbocycles. The van der Waals surface area contributed by atoms with Crippen molar-refractivity contribution in [2.24, 2.45) is 0 Å². The largest absolute Gasteiger partial charge is 0.492 e. The van der Waals surface area contributed by atoms with E-state index in [0.29, 0.717) is 13.2 Å². The molecule has 0 aromatic heterocycles. The highest BCUT2D eigenvalue weighted by atomic mass is 32.2. The highest BCUT2D eigenvalue weighted by Crippen LogP contribution is 2.19. The molecule has 1 saturated heterocycles. The Morgan fingerprint density at radius 1 is 1.08 bits per heavy atom. The third kappa shape index (κ3) is 6.60. The van der Waals surface area contributed by atoms with Crippen molar-refractivity contribution in [3.8, 4) is 5.75 Å². The van der Waals surface area contributed by atoms with Gasteiger partial charge in [-0.25, -0.2) is 13.1 Å². The number of nitrogens with one attached hydrogen (secondary N) is 1. The van der Waals surface area contributed by atoms with Crippen molar-refractivity contribution >= 4 is 10.0 Å². The van der Waals surface area contributed by atoms with Gasteiger partial charge in [-0.1, -0.05) is 25.5 Å². The van der Waals surface area contributed by atoms with Crippen molar-refractivity contribution in [2.75, 3.05) is 32.8 Å². The van der Waals surface area contributed by atoms with Gasteiger partial charge in [-0.2, -0.15) is 0 Å². The predicted octanol–water partition coefficient (Wildman–Crippen LogP) is 2.98. The number of nitrogens with zero attached hydrogens (tertiary/aromatic N) is 1. The quantitative estimate of drug-likeness (QED) is 0.728. The molecule has 0 radical (unpaired) electrons. The Balaban J connectivity index is 1.76. The molecule has 1 aromatic rings. The summed E-state index contributed by atoms with van der Waals surface area (Å²) in [5.74, 6) is 0.992. The molecule has 0 amide bonds. The topological polar surface area (TPSA) is 58.6 Å². The van der Waals surface area contributed by atoms with Crippen LogP contribution in [0, 0.1) is 0 Å². The lowest BCUT2D eigenvalue weighted by Crippen LogP contribution is -2.33. The van der Waals surface area contributed by atoms with E-state index in [4.69, 9.17) is 4.74 Å². The maximum atomic E-state index is 11.8. The van der Waals surface area contributed by atoms with Crippen LogP contribution >= 0.6 is 0 Å². The minimum Gasteiger partial charge on any atom is -0.492 e. The van der Waals surface area contributed by atoms with Crippen LogP contribution in [0.1, 0.15) is 51.5 Å². The summed E-state index contributed by atoms with van der Waals surface area (Å²) in [4.78, 5) is 2.46.